The van der Waals surface area contributed by atoms with Crippen molar-refractivity contribution in [1.82, 2.24) is 30.2 Å². The van der Waals surface area contributed by atoms with Gasteiger partial charge in [-0.15, -0.1) is 5.10 Å². The molecule has 23 heavy (non-hydrogen) atoms. The van der Waals surface area contributed by atoms with E-state index in [2.05, 4.69) is 37.6 Å². The summed E-state index contributed by atoms with van der Waals surface area (Å²) in [7, 11) is 0. The number of hydrogen-bond acceptors (Lipinski definition) is 5. The Balaban J connectivity index is 1.58. The third-order valence-corrected chi connectivity index (χ3v) is 3.66. The van der Waals surface area contributed by atoms with Gasteiger partial charge in [-0.3, -0.25) is 4.68 Å². The van der Waals surface area contributed by atoms with Crippen LogP contribution >= 0.6 is 0 Å². The Morgan fingerprint density at radius 2 is 1.96 bits per heavy atom. The van der Waals surface area contributed by atoms with E-state index in [0.717, 1.165) is 23.2 Å². The van der Waals surface area contributed by atoms with E-state index in [0.29, 0.717) is 17.9 Å². The van der Waals surface area contributed by atoms with E-state index in [1.165, 1.54) is 5.56 Å². The number of H-pyrrole nitrogens is 1. The van der Waals surface area contributed by atoms with Gasteiger partial charge in [-0.25, -0.2) is 4.98 Å². The molecular formula is C16H15N7. The molecule has 0 spiro atoms. The molecule has 1 aromatic carbocycles. The van der Waals surface area contributed by atoms with Crippen LogP contribution in [-0.4, -0.2) is 30.2 Å². The van der Waals surface area contributed by atoms with Crippen LogP contribution in [0.1, 0.15) is 16.7 Å². The van der Waals surface area contributed by atoms with Crippen molar-refractivity contribution in [1.29, 1.82) is 0 Å². The van der Waals surface area contributed by atoms with Crippen molar-refractivity contribution in [2.24, 2.45) is 0 Å². The lowest BCUT2D eigenvalue weighted by molar-refractivity contribution is 0.686. The highest BCUT2D eigenvalue weighted by Crippen LogP contribution is 2.18. The zero-order valence-corrected chi connectivity index (χ0v) is 12.3. The molecule has 0 aliphatic carbocycles. The van der Waals surface area contributed by atoms with Gasteiger partial charge in [-0.05, 0) is 22.8 Å². The fraction of sp³-hybridized carbons (Fsp3) is 0.125. The van der Waals surface area contributed by atoms with Gasteiger partial charge in [-0.1, -0.05) is 30.3 Å². The third-order valence-electron chi connectivity index (χ3n) is 3.66. The topological polar surface area (TPSA) is 98.3 Å². The number of aromatic amines is 1. The van der Waals surface area contributed by atoms with E-state index in [4.69, 9.17) is 5.73 Å². The Morgan fingerprint density at radius 3 is 2.83 bits per heavy atom. The summed E-state index contributed by atoms with van der Waals surface area (Å²) in [5, 5.41) is 15.2. The van der Waals surface area contributed by atoms with Crippen molar-refractivity contribution in [2.45, 2.75) is 13.0 Å². The zero-order chi connectivity index (χ0) is 15.6. The average Bonchev–Trinajstić information content (AvgIpc) is 3.17. The van der Waals surface area contributed by atoms with E-state index >= 15 is 0 Å². The molecule has 3 N–H and O–H groups in total. The number of nitrogens with zero attached hydrogens (tertiary/aromatic N) is 5. The monoisotopic (exact) mass is 305 g/mol. The summed E-state index contributed by atoms with van der Waals surface area (Å²) in [5.41, 5.74) is 10.4. The Labute approximate surface area is 132 Å². The van der Waals surface area contributed by atoms with Crippen molar-refractivity contribution in [3.63, 3.8) is 0 Å². The molecule has 0 amide bonds. The molecule has 4 aromatic rings. The molecule has 7 heteroatoms. The summed E-state index contributed by atoms with van der Waals surface area (Å²) in [6.07, 6.45) is 4.59. The number of hydrogen-bond donors (Lipinski definition) is 2. The maximum atomic E-state index is 5.83. The van der Waals surface area contributed by atoms with Gasteiger partial charge in [0.1, 0.15) is 11.3 Å². The number of nitrogen functional groups attached to an aromatic ring is 1. The van der Waals surface area contributed by atoms with Crippen LogP contribution < -0.4 is 5.73 Å². The Morgan fingerprint density at radius 1 is 1.09 bits per heavy atom. The first kappa shape index (κ1) is 13.4. The molecule has 7 nitrogen and oxygen atoms in total. The first-order valence-electron chi connectivity index (χ1n) is 7.29. The van der Waals surface area contributed by atoms with Gasteiger partial charge >= 0.3 is 0 Å². The molecule has 0 aliphatic heterocycles. The normalized spacial score (nSPS) is 11.1. The molecule has 4 rings (SSSR count). The van der Waals surface area contributed by atoms with Crippen molar-refractivity contribution in [2.75, 3.05) is 5.73 Å². The molecule has 0 atom stereocenters. The number of benzene rings is 1. The fourth-order valence-corrected chi connectivity index (χ4v) is 2.63. The lowest BCUT2D eigenvalue weighted by atomic mass is 10.1. The van der Waals surface area contributed by atoms with Crippen LogP contribution in [0, 0.1) is 0 Å². The smallest absolute Gasteiger partial charge is 0.203 e. The minimum atomic E-state index is 0.443. The first-order chi connectivity index (χ1) is 11.3. The Kier molecular flexibility index (Phi) is 3.23. The minimum absolute atomic E-state index is 0.443. The number of nitrogens with one attached hydrogen (secondary N) is 1. The van der Waals surface area contributed by atoms with E-state index in [-0.39, 0.29) is 0 Å². The van der Waals surface area contributed by atoms with Crippen LogP contribution in [0.15, 0.2) is 48.8 Å². The summed E-state index contributed by atoms with van der Waals surface area (Å²) in [5.74, 6) is 0.443. The summed E-state index contributed by atoms with van der Waals surface area (Å²) in [6.45, 7) is 0.749. The third kappa shape index (κ3) is 2.76. The number of anilines is 1. The molecule has 0 bridgehead atoms. The molecule has 3 heterocycles. The lowest BCUT2D eigenvalue weighted by Crippen LogP contribution is -1.99. The van der Waals surface area contributed by atoms with Crippen molar-refractivity contribution in [3.05, 3.63) is 65.5 Å². The highest BCUT2D eigenvalue weighted by atomic mass is 15.3. The Bertz CT molecular complexity index is 939. The maximum Gasteiger partial charge on any atom is 0.203 e. The van der Waals surface area contributed by atoms with Crippen molar-refractivity contribution in [3.8, 4) is 0 Å². The highest BCUT2D eigenvalue weighted by molar-refractivity contribution is 5.76. The first-order valence-corrected chi connectivity index (χ1v) is 7.29. The second kappa shape index (κ2) is 5.53. The van der Waals surface area contributed by atoms with Crippen LogP contribution in [0.25, 0.3) is 11.2 Å². The van der Waals surface area contributed by atoms with Gasteiger partial charge in [-0.2, -0.15) is 15.4 Å². The van der Waals surface area contributed by atoms with Crippen LogP contribution in [0.5, 0.6) is 0 Å². The second-order valence-corrected chi connectivity index (χ2v) is 5.41. The molecule has 0 saturated carbocycles. The standard InChI is InChI=1S/C16H15N7/c17-14-7-13(15-16(19-14)21-22-20-15)6-12-8-18-23(10-12)9-11-4-2-1-3-5-11/h1-5,7-8,10H,6,9H2,(H3,17,19,20,21,22). The predicted octanol–water partition coefficient (Wildman–Crippen LogP) is 1.77. The van der Waals surface area contributed by atoms with Gasteiger partial charge in [0.2, 0.25) is 5.65 Å². The van der Waals surface area contributed by atoms with Crippen LogP contribution in [-0.2, 0) is 13.0 Å². The molecule has 0 fully saturated rings. The quantitative estimate of drug-likeness (QED) is 0.599. The highest BCUT2D eigenvalue weighted by Gasteiger charge is 2.10. The molecular weight excluding hydrogens is 290 g/mol. The van der Waals surface area contributed by atoms with Crippen LogP contribution in [0.2, 0.25) is 0 Å². The number of pyridine rings is 1. The van der Waals surface area contributed by atoms with Gasteiger partial charge in [0.05, 0.1) is 12.7 Å². The molecule has 0 aliphatic rings. The van der Waals surface area contributed by atoms with Gasteiger partial charge in [0.15, 0.2) is 0 Å². The van der Waals surface area contributed by atoms with E-state index in [9.17, 15) is 0 Å². The largest absolute Gasteiger partial charge is 0.384 e. The van der Waals surface area contributed by atoms with Gasteiger partial charge < -0.3 is 5.73 Å². The van der Waals surface area contributed by atoms with E-state index in [1.807, 2.05) is 41.3 Å². The van der Waals surface area contributed by atoms with Gasteiger partial charge in [0.25, 0.3) is 0 Å². The number of rotatable bonds is 4. The van der Waals surface area contributed by atoms with Gasteiger partial charge in [0, 0.05) is 12.6 Å². The number of fused-ring (bicyclic) bond motifs is 1. The molecule has 3 aromatic heterocycles. The fourth-order valence-electron chi connectivity index (χ4n) is 2.63. The Hall–Kier alpha value is -3.22. The molecule has 114 valence electrons. The average molecular weight is 305 g/mol. The van der Waals surface area contributed by atoms with Crippen molar-refractivity contribution >= 4 is 17.0 Å². The lowest BCUT2D eigenvalue weighted by Gasteiger charge is -2.02. The zero-order valence-electron chi connectivity index (χ0n) is 12.3. The predicted molar refractivity (Wildman–Crippen MR) is 86.7 cm³/mol. The minimum Gasteiger partial charge on any atom is -0.384 e. The van der Waals surface area contributed by atoms with Crippen molar-refractivity contribution < 1.29 is 0 Å². The van der Waals surface area contributed by atoms with E-state index in [1.54, 1.807) is 0 Å². The molecule has 0 saturated heterocycles. The van der Waals surface area contributed by atoms with Crippen LogP contribution in [0.4, 0.5) is 5.82 Å². The second-order valence-electron chi connectivity index (χ2n) is 5.41. The number of nitrogens with two attached hydrogens (primary N) is 1. The molecule has 0 unspecified atom stereocenters. The van der Waals surface area contributed by atoms with Crippen LogP contribution in [0.3, 0.4) is 0 Å². The summed E-state index contributed by atoms with van der Waals surface area (Å²) in [4.78, 5) is 4.15. The summed E-state index contributed by atoms with van der Waals surface area (Å²) >= 11 is 0. The summed E-state index contributed by atoms with van der Waals surface area (Å²) < 4.78 is 1.93. The number of aromatic nitrogens is 6. The summed E-state index contributed by atoms with van der Waals surface area (Å²) in [6, 6.07) is 12.1. The molecule has 0 radical (unpaired) electrons. The SMILES string of the molecule is Nc1cc(Cc2cnn(Cc3ccccc3)c2)c2n[nH]nc2n1. The maximum absolute atomic E-state index is 5.83. The van der Waals surface area contributed by atoms with E-state index < -0.39 is 0 Å².